The highest BCUT2D eigenvalue weighted by molar-refractivity contribution is 5.89. The molecule has 3 amide bonds. The average molecular weight is 395 g/mol. The highest BCUT2D eigenvalue weighted by Crippen LogP contribution is 2.23. The second-order valence-electron chi connectivity index (χ2n) is 6.81. The number of urea groups is 1. The molecule has 3 rings (SSSR count). The van der Waals surface area contributed by atoms with Crippen molar-refractivity contribution in [3.63, 3.8) is 0 Å². The summed E-state index contributed by atoms with van der Waals surface area (Å²) in [6.45, 7) is 1.47. The molecule has 29 heavy (non-hydrogen) atoms. The van der Waals surface area contributed by atoms with Crippen molar-refractivity contribution in [3.05, 3.63) is 66.2 Å². The van der Waals surface area contributed by atoms with Gasteiger partial charge in [-0.15, -0.1) is 0 Å². The lowest BCUT2D eigenvalue weighted by Gasteiger charge is -2.23. The first-order chi connectivity index (χ1) is 14.1. The first-order valence-corrected chi connectivity index (χ1v) is 9.76. The standard InChI is InChI=1S/C22H25N3O4/c26-19(13-14-23-22(28)24-18-11-5-2-6-12-18)29-20(17-9-3-1-4-10-17)21(27)25-15-7-8-16-25/h1-6,9-12,20H,7-8,13-16H2,(H2,23,24,28)/t20-/m1/s1. The summed E-state index contributed by atoms with van der Waals surface area (Å²) in [6, 6.07) is 17.6. The second kappa shape index (κ2) is 10.3. The molecule has 2 N–H and O–H groups in total. The maximum Gasteiger partial charge on any atom is 0.319 e. The third-order valence-corrected chi connectivity index (χ3v) is 4.64. The molecule has 2 aromatic rings. The number of hydrogen-bond donors (Lipinski definition) is 2. The highest BCUT2D eigenvalue weighted by Gasteiger charge is 2.30. The maximum atomic E-state index is 12.8. The number of likely N-dealkylation sites (tertiary alicyclic amines) is 1. The molecule has 152 valence electrons. The summed E-state index contributed by atoms with van der Waals surface area (Å²) in [5, 5.41) is 5.29. The lowest BCUT2D eigenvalue weighted by atomic mass is 10.1. The van der Waals surface area contributed by atoms with Gasteiger partial charge in [-0.05, 0) is 25.0 Å². The lowest BCUT2D eigenvalue weighted by molar-refractivity contribution is -0.160. The molecule has 1 saturated heterocycles. The molecule has 0 aromatic heterocycles. The molecular weight excluding hydrogens is 370 g/mol. The van der Waals surface area contributed by atoms with Gasteiger partial charge in [0.05, 0.1) is 6.42 Å². The van der Waals surface area contributed by atoms with Gasteiger partial charge in [0.1, 0.15) is 0 Å². The second-order valence-corrected chi connectivity index (χ2v) is 6.81. The molecule has 1 aliphatic heterocycles. The van der Waals surface area contributed by atoms with Crippen molar-refractivity contribution in [1.82, 2.24) is 10.2 Å². The summed E-state index contributed by atoms with van der Waals surface area (Å²) in [6.07, 6.45) is 0.933. The van der Waals surface area contributed by atoms with Crippen molar-refractivity contribution < 1.29 is 19.1 Å². The van der Waals surface area contributed by atoms with Crippen LogP contribution >= 0.6 is 0 Å². The molecule has 1 atom stereocenters. The molecule has 1 heterocycles. The Kier molecular flexibility index (Phi) is 7.22. The van der Waals surface area contributed by atoms with E-state index in [1.54, 1.807) is 29.2 Å². The minimum absolute atomic E-state index is 0.0289. The largest absolute Gasteiger partial charge is 0.447 e. The molecular formula is C22H25N3O4. The van der Waals surface area contributed by atoms with Crippen LogP contribution in [0.5, 0.6) is 0 Å². The summed E-state index contributed by atoms with van der Waals surface area (Å²) in [7, 11) is 0. The number of rotatable bonds is 7. The van der Waals surface area contributed by atoms with Gasteiger partial charge >= 0.3 is 12.0 Å². The number of carbonyl (C=O) groups excluding carboxylic acids is 3. The van der Waals surface area contributed by atoms with Crippen LogP contribution in [0.3, 0.4) is 0 Å². The first-order valence-electron chi connectivity index (χ1n) is 9.76. The Morgan fingerprint density at radius 3 is 2.21 bits per heavy atom. The highest BCUT2D eigenvalue weighted by atomic mass is 16.5. The number of carbonyl (C=O) groups is 3. The molecule has 2 aromatic carbocycles. The molecule has 0 aliphatic carbocycles. The number of anilines is 1. The molecule has 7 nitrogen and oxygen atoms in total. The summed E-state index contributed by atoms with van der Waals surface area (Å²) in [5.74, 6) is -0.733. The molecule has 1 fully saturated rings. The van der Waals surface area contributed by atoms with Crippen LogP contribution in [0.2, 0.25) is 0 Å². The SMILES string of the molecule is O=C(NCCC(=O)O[C@@H](C(=O)N1CCCC1)c1ccccc1)Nc1ccccc1. The van der Waals surface area contributed by atoms with Gasteiger partial charge in [-0.1, -0.05) is 48.5 Å². The van der Waals surface area contributed by atoms with E-state index < -0.39 is 18.1 Å². The van der Waals surface area contributed by atoms with Gasteiger partial charge in [0, 0.05) is 30.9 Å². The summed E-state index contributed by atoms with van der Waals surface area (Å²) >= 11 is 0. The predicted octanol–water partition coefficient (Wildman–Crippen LogP) is 3.11. The minimum atomic E-state index is -0.958. The Morgan fingerprint density at radius 2 is 1.55 bits per heavy atom. The molecule has 1 aliphatic rings. The zero-order valence-corrected chi connectivity index (χ0v) is 16.2. The first kappa shape index (κ1) is 20.4. The van der Waals surface area contributed by atoms with E-state index in [4.69, 9.17) is 4.74 Å². The third kappa shape index (κ3) is 6.07. The van der Waals surface area contributed by atoms with Crippen molar-refractivity contribution >= 4 is 23.6 Å². The summed E-state index contributed by atoms with van der Waals surface area (Å²) in [4.78, 5) is 38.8. The van der Waals surface area contributed by atoms with Gasteiger partial charge in [0.2, 0.25) is 6.10 Å². The topological polar surface area (TPSA) is 87.7 Å². The fraction of sp³-hybridized carbons (Fsp3) is 0.318. The average Bonchev–Trinajstić information content (AvgIpc) is 3.28. The van der Waals surface area contributed by atoms with Crippen molar-refractivity contribution in [2.75, 3.05) is 25.0 Å². The van der Waals surface area contributed by atoms with E-state index in [0.717, 1.165) is 12.8 Å². The Labute approximate surface area is 170 Å². The fourth-order valence-corrected chi connectivity index (χ4v) is 3.16. The van der Waals surface area contributed by atoms with Crippen LogP contribution in [-0.4, -0.2) is 42.4 Å². The zero-order chi connectivity index (χ0) is 20.5. The fourth-order valence-electron chi connectivity index (χ4n) is 3.16. The number of esters is 1. The van der Waals surface area contributed by atoms with Gasteiger partial charge in [0.25, 0.3) is 5.91 Å². The predicted molar refractivity (Wildman–Crippen MR) is 109 cm³/mol. The van der Waals surface area contributed by atoms with E-state index in [-0.39, 0.29) is 18.9 Å². The minimum Gasteiger partial charge on any atom is -0.447 e. The number of nitrogens with zero attached hydrogens (tertiary/aromatic N) is 1. The Morgan fingerprint density at radius 1 is 0.931 bits per heavy atom. The van der Waals surface area contributed by atoms with Crippen LogP contribution in [-0.2, 0) is 14.3 Å². The number of nitrogens with one attached hydrogen (secondary N) is 2. The van der Waals surface area contributed by atoms with Gasteiger partial charge in [0.15, 0.2) is 0 Å². The van der Waals surface area contributed by atoms with E-state index in [2.05, 4.69) is 10.6 Å². The maximum absolute atomic E-state index is 12.8. The van der Waals surface area contributed by atoms with Crippen LogP contribution in [0, 0.1) is 0 Å². The number of amides is 3. The molecule has 0 unspecified atom stereocenters. The Hall–Kier alpha value is -3.35. The monoisotopic (exact) mass is 395 g/mol. The van der Waals surface area contributed by atoms with E-state index in [0.29, 0.717) is 24.3 Å². The molecule has 0 bridgehead atoms. The smallest absolute Gasteiger partial charge is 0.319 e. The van der Waals surface area contributed by atoms with E-state index in [1.807, 2.05) is 36.4 Å². The van der Waals surface area contributed by atoms with Crippen molar-refractivity contribution in [1.29, 1.82) is 0 Å². The van der Waals surface area contributed by atoms with Crippen LogP contribution in [0.4, 0.5) is 10.5 Å². The van der Waals surface area contributed by atoms with Gasteiger partial charge in [-0.3, -0.25) is 9.59 Å². The zero-order valence-electron chi connectivity index (χ0n) is 16.2. The number of ether oxygens (including phenoxy) is 1. The van der Waals surface area contributed by atoms with Crippen molar-refractivity contribution in [2.45, 2.75) is 25.4 Å². The normalized spacial score (nSPS) is 14.1. The summed E-state index contributed by atoms with van der Waals surface area (Å²) < 4.78 is 5.51. The van der Waals surface area contributed by atoms with E-state index in [9.17, 15) is 14.4 Å². The molecule has 0 saturated carbocycles. The van der Waals surface area contributed by atoms with Gasteiger partial charge < -0.3 is 20.3 Å². The number of benzene rings is 2. The van der Waals surface area contributed by atoms with Crippen LogP contribution in [0.15, 0.2) is 60.7 Å². The Bertz CT molecular complexity index is 820. The van der Waals surface area contributed by atoms with E-state index >= 15 is 0 Å². The van der Waals surface area contributed by atoms with Crippen LogP contribution in [0.25, 0.3) is 0 Å². The van der Waals surface area contributed by atoms with Gasteiger partial charge in [-0.25, -0.2) is 4.79 Å². The molecule has 7 heteroatoms. The van der Waals surface area contributed by atoms with Gasteiger partial charge in [-0.2, -0.15) is 0 Å². The lowest BCUT2D eigenvalue weighted by Crippen LogP contribution is -2.35. The molecule has 0 radical (unpaired) electrons. The van der Waals surface area contributed by atoms with Crippen molar-refractivity contribution in [2.24, 2.45) is 0 Å². The van der Waals surface area contributed by atoms with Crippen molar-refractivity contribution in [3.8, 4) is 0 Å². The number of para-hydroxylation sites is 1. The quantitative estimate of drug-likeness (QED) is 0.705. The van der Waals surface area contributed by atoms with E-state index in [1.165, 1.54) is 0 Å². The van der Waals surface area contributed by atoms with Crippen LogP contribution < -0.4 is 10.6 Å². The number of hydrogen-bond acceptors (Lipinski definition) is 4. The molecule has 0 spiro atoms. The summed E-state index contributed by atoms with van der Waals surface area (Å²) in [5.41, 5.74) is 1.31. The third-order valence-electron chi connectivity index (χ3n) is 4.64. The van der Waals surface area contributed by atoms with Crippen LogP contribution in [0.1, 0.15) is 30.9 Å². The Balaban J connectivity index is 1.51.